The van der Waals surface area contributed by atoms with E-state index in [1.165, 1.54) is 23.3 Å². The molecule has 0 radical (unpaired) electrons. The molecule has 2 heterocycles. The van der Waals surface area contributed by atoms with Gasteiger partial charge in [0.15, 0.2) is 0 Å². The number of nitrogens with zero attached hydrogens (tertiary/aromatic N) is 1. The normalized spacial score (nSPS) is 30.8. The average Bonchev–Trinajstić information content (AvgIpc) is 2.77. The molecule has 1 amide bonds. The van der Waals surface area contributed by atoms with Crippen molar-refractivity contribution in [2.75, 3.05) is 11.5 Å². The molecule has 2 fully saturated rings. The number of carbonyl (C=O) groups is 1. The van der Waals surface area contributed by atoms with Crippen LogP contribution in [0.15, 0.2) is 24.3 Å². The van der Waals surface area contributed by atoms with Gasteiger partial charge in [-0.3, -0.25) is 10.1 Å². The molecule has 0 saturated carbocycles. The summed E-state index contributed by atoms with van der Waals surface area (Å²) in [6, 6.07) is 8.83. The van der Waals surface area contributed by atoms with Gasteiger partial charge in [-0.2, -0.15) is 11.8 Å². The van der Waals surface area contributed by atoms with Gasteiger partial charge in [0.25, 0.3) is 0 Å². The summed E-state index contributed by atoms with van der Waals surface area (Å²) >= 11 is 1.97. The zero-order chi connectivity index (χ0) is 14.1. The van der Waals surface area contributed by atoms with Gasteiger partial charge in [-0.05, 0) is 38.0 Å². The maximum atomic E-state index is 12.5. The standard InChI is InChI=1S/C16H22N2OS/c1-11-5-7-13(8-6-11)15-17-12(2)16(19)18(15)14-4-3-9-20-10-14/h5-8,12,14-15,17H,3-4,9-10H2,1-2H3. The van der Waals surface area contributed by atoms with E-state index in [1.54, 1.807) is 0 Å². The van der Waals surface area contributed by atoms with Crippen LogP contribution in [0.2, 0.25) is 0 Å². The van der Waals surface area contributed by atoms with Crippen LogP contribution in [0.3, 0.4) is 0 Å². The van der Waals surface area contributed by atoms with E-state index in [9.17, 15) is 4.79 Å². The maximum Gasteiger partial charge on any atom is 0.241 e. The summed E-state index contributed by atoms with van der Waals surface area (Å²) in [4.78, 5) is 14.6. The molecule has 1 N–H and O–H groups in total. The Morgan fingerprint density at radius 1 is 1.30 bits per heavy atom. The summed E-state index contributed by atoms with van der Waals surface area (Å²) < 4.78 is 0. The summed E-state index contributed by atoms with van der Waals surface area (Å²) in [5, 5.41) is 3.45. The van der Waals surface area contributed by atoms with Crippen molar-refractivity contribution in [2.45, 2.75) is 44.9 Å². The van der Waals surface area contributed by atoms with E-state index in [-0.39, 0.29) is 18.1 Å². The summed E-state index contributed by atoms with van der Waals surface area (Å²) in [5.74, 6) is 2.56. The number of benzene rings is 1. The van der Waals surface area contributed by atoms with E-state index in [1.807, 2.05) is 18.7 Å². The first kappa shape index (κ1) is 14.0. The van der Waals surface area contributed by atoms with E-state index >= 15 is 0 Å². The van der Waals surface area contributed by atoms with E-state index in [0.717, 1.165) is 12.2 Å². The Hall–Kier alpha value is -1.00. The summed E-state index contributed by atoms with van der Waals surface area (Å²) in [7, 11) is 0. The molecule has 0 spiro atoms. The van der Waals surface area contributed by atoms with Crippen molar-refractivity contribution in [1.82, 2.24) is 10.2 Å². The van der Waals surface area contributed by atoms with Crippen LogP contribution in [0.5, 0.6) is 0 Å². The molecule has 3 rings (SSSR count). The first-order valence-electron chi connectivity index (χ1n) is 7.39. The highest BCUT2D eigenvalue weighted by atomic mass is 32.2. The number of rotatable bonds is 2. The lowest BCUT2D eigenvalue weighted by Crippen LogP contribution is -2.42. The quantitative estimate of drug-likeness (QED) is 0.909. The molecule has 2 aliphatic heterocycles. The molecule has 3 atom stereocenters. The molecule has 108 valence electrons. The molecule has 20 heavy (non-hydrogen) atoms. The summed E-state index contributed by atoms with van der Waals surface area (Å²) in [6.07, 6.45) is 2.39. The number of aryl methyl sites for hydroxylation is 1. The molecule has 1 aromatic carbocycles. The van der Waals surface area contributed by atoms with E-state index < -0.39 is 0 Å². The topological polar surface area (TPSA) is 32.3 Å². The van der Waals surface area contributed by atoms with Crippen molar-refractivity contribution in [2.24, 2.45) is 0 Å². The summed E-state index contributed by atoms with van der Waals surface area (Å²) in [5.41, 5.74) is 2.45. The van der Waals surface area contributed by atoms with E-state index in [4.69, 9.17) is 0 Å². The minimum atomic E-state index is -0.0757. The second-order valence-electron chi connectivity index (χ2n) is 5.82. The van der Waals surface area contributed by atoms with Crippen LogP contribution < -0.4 is 5.32 Å². The SMILES string of the molecule is Cc1ccc(C2NC(C)C(=O)N2C2CCCSC2)cc1. The lowest BCUT2D eigenvalue weighted by Gasteiger charge is -2.35. The molecule has 0 bridgehead atoms. The number of nitrogens with one attached hydrogen (secondary N) is 1. The molecule has 0 aliphatic carbocycles. The van der Waals surface area contributed by atoms with Gasteiger partial charge < -0.3 is 4.90 Å². The largest absolute Gasteiger partial charge is 0.318 e. The molecular weight excluding hydrogens is 268 g/mol. The first-order chi connectivity index (χ1) is 9.66. The molecule has 1 aromatic rings. The van der Waals surface area contributed by atoms with Crippen LogP contribution in [0.25, 0.3) is 0 Å². The monoisotopic (exact) mass is 290 g/mol. The van der Waals surface area contributed by atoms with Crippen LogP contribution in [0.4, 0.5) is 0 Å². The Bertz CT molecular complexity index is 482. The Labute approximate surface area is 125 Å². The number of hydrogen-bond acceptors (Lipinski definition) is 3. The second kappa shape index (κ2) is 5.78. The summed E-state index contributed by atoms with van der Waals surface area (Å²) in [6.45, 7) is 4.06. The lowest BCUT2D eigenvalue weighted by molar-refractivity contribution is -0.131. The molecule has 3 unspecified atom stereocenters. The van der Waals surface area contributed by atoms with Crippen LogP contribution in [0, 0.1) is 6.92 Å². The van der Waals surface area contributed by atoms with Gasteiger partial charge in [0, 0.05) is 11.8 Å². The van der Waals surface area contributed by atoms with E-state index in [2.05, 4.69) is 41.4 Å². The van der Waals surface area contributed by atoms with E-state index in [0.29, 0.717) is 6.04 Å². The van der Waals surface area contributed by atoms with Crippen LogP contribution in [0.1, 0.15) is 37.1 Å². The van der Waals surface area contributed by atoms with Gasteiger partial charge in [0.1, 0.15) is 6.17 Å². The highest BCUT2D eigenvalue weighted by Gasteiger charge is 2.41. The maximum absolute atomic E-state index is 12.5. The van der Waals surface area contributed by atoms with Crippen molar-refractivity contribution in [3.63, 3.8) is 0 Å². The highest BCUT2D eigenvalue weighted by Crippen LogP contribution is 2.32. The Kier molecular flexibility index (Phi) is 4.03. The minimum Gasteiger partial charge on any atom is -0.318 e. The Morgan fingerprint density at radius 3 is 2.70 bits per heavy atom. The first-order valence-corrected chi connectivity index (χ1v) is 8.55. The van der Waals surface area contributed by atoms with Gasteiger partial charge in [-0.1, -0.05) is 29.8 Å². The predicted octanol–water partition coefficient (Wildman–Crippen LogP) is 2.71. The minimum absolute atomic E-state index is 0.0433. The molecule has 3 nitrogen and oxygen atoms in total. The van der Waals surface area contributed by atoms with Gasteiger partial charge in [0.05, 0.1) is 6.04 Å². The smallest absolute Gasteiger partial charge is 0.241 e. The van der Waals surface area contributed by atoms with Crippen molar-refractivity contribution >= 4 is 17.7 Å². The third-order valence-electron chi connectivity index (χ3n) is 4.23. The van der Waals surface area contributed by atoms with Crippen molar-refractivity contribution < 1.29 is 4.79 Å². The molecular formula is C16H22N2OS. The zero-order valence-electron chi connectivity index (χ0n) is 12.1. The van der Waals surface area contributed by atoms with Crippen LogP contribution in [-0.2, 0) is 4.79 Å². The molecule has 2 saturated heterocycles. The lowest BCUT2D eigenvalue weighted by atomic mass is 10.1. The fraction of sp³-hybridized carbons (Fsp3) is 0.562. The Balaban J connectivity index is 1.87. The number of thioether (sulfide) groups is 1. The fourth-order valence-electron chi connectivity index (χ4n) is 3.08. The average molecular weight is 290 g/mol. The van der Waals surface area contributed by atoms with Crippen LogP contribution >= 0.6 is 11.8 Å². The van der Waals surface area contributed by atoms with Crippen molar-refractivity contribution in [1.29, 1.82) is 0 Å². The van der Waals surface area contributed by atoms with Gasteiger partial charge in [-0.15, -0.1) is 0 Å². The fourth-order valence-corrected chi connectivity index (χ4v) is 4.22. The third-order valence-corrected chi connectivity index (χ3v) is 5.43. The Morgan fingerprint density at radius 2 is 2.05 bits per heavy atom. The number of hydrogen-bond donors (Lipinski definition) is 1. The van der Waals surface area contributed by atoms with Crippen molar-refractivity contribution in [3.8, 4) is 0 Å². The second-order valence-corrected chi connectivity index (χ2v) is 6.97. The highest BCUT2D eigenvalue weighted by molar-refractivity contribution is 7.99. The van der Waals surface area contributed by atoms with Crippen LogP contribution in [-0.4, -0.2) is 34.4 Å². The van der Waals surface area contributed by atoms with Gasteiger partial charge in [0.2, 0.25) is 5.91 Å². The van der Waals surface area contributed by atoms with Gasteiger partial charge >= 0.3 is 0 Å². The number of amides is 1. The molecule has 0 aromatic heterocycles. The molecule has 4 heteroatoms. The number of carbonyl (C=O) groups excluding carboxylic acids is 1. The van der Waals surface area contributed by atoms with Gasteiger partial charge in [-0.25, -0.2) is 0 Å². The third kappa shape index (κ3) is 2.59. The molecule has 2 aliphatic rings. The van der Waals surface area contributed by atoms with Crippen molar-refractivity contribution in [3.05, 3.63) is 35.4 Å². The predicted molar refractivity (Wildman–Crippen MR) is 83.7 cm³/mol. The zero-order valence-corrected chi connectivity index (χ0v) is 13.0.